The summed E-state index contributed by atoms with van der Waals surface area (Å²) in [6, 6.07) is 10.3. The first-order valence-electron chi connectivity index (χ1n) is 6.12. The van der Waals surface area contributed by atoms with Crippen molar-refractivity contribution in [1.29, 1.82) is 5.26 Å². The number of nitrogens with zero attached hydrogens (tertiary/aromatic N) is 3. The number of hydrogen-bond donors (Lipinski definition) is 1. The number of aromatic nitrogens is 2. The lowest BCUT2D eigenvalue weighted by molar-refractivity contribution is 0.687. The van der Waals surface area contributed by atoms with E-state index in [-0.39, 0.29) is 0 Å². The third kappa shape index (κ3) is 2.41. The van der Waals surface area contributed by atoms with Gasteiger partial charge >= 0.3 is 0 Å². The van der Waals surface area contributed by atoms with Gasteiger partial charge in [0.25, 0.3) is 0 Å². The molecule has 2 aromatic rings. The minimum absolute atomic E-state index is 0.653. The Morgan fingerprint density at radius 1 is 1.44 bits per heavy atom. The molecule has 1 aromatic carbocycles. The SMILES string of the molecule is N#Cc1cccc(-n2cc(CNC3CC3)cn2)c1. The molecule has 0 amide bonds. The molecule has 0 spiro atoms. The highest BCUT2D eigenvalue weighted by Gasteiger charge is 2.20. The zero-order valence-electron chi connectivity index (χ0n) is 10.0. The van der Waals surface area contributed by atoms with Crippen molar-refractivity contribution in [3.63, 3.8) is 0 Å². The maximum Gasteiger partial charge on any atom is 0.0992 e. The van der Waals surface area contributed by atoms with Gasteiger partial charge in [-0.25, -0.2) is 4.68 Å². The van der Waals surface area contributed by atoms with Gasteiger partial charge in [0.2, 0.25) is 0 Å². The van der Waals surface area contributed by atoms with Gasteiger partial charge in [-0.2, -0.15) is 10.4 Å². The fourth-order valence-corrected chi connectivity index (χ4v) is 1.86. The average molecular weight is 238 g/mol. The van der Waals surface area contributed by atoms with Crippen LogP contribution in [0.25, 0.3) is 5.69 Å². The summed E-state index contributed by atoms with van der Waals surface area (Å²) in [5.74, 6) is 0. The Labute approximate surface area is 106 Å². The largest absolute Gasteiger partial charge is 0.310 e. The van der Waals surface area contributed by atoms with Gasteiger partial charge in [-0.1, -0.05) is 6.07 Å². The molecule has 0 radical (unpaired) electrons. The van der Waals surface area contributed by atoms with E-state index in [2.05, 4.69) is 16.5 Å². The maximum absolute atomic E-state index is 8.88. The van der Waals surface area contributed by atoms with E-state index in [1.807, 2.05) is 35.3 Å². The van der Waals surface area contributed by atoms with E-state index in [1.165, 1.54) is 18.4 Å². The van der Waals surface area contributed by atoms with Gasteiger partial charge in [0.1, 0.15) is 0 Å². The average Bonchev–Trinajstić information content (AvgIpc) is 3.13. The normalized spacial score (nSPS) is 14.4. The van der Waals surface area contributed by atoms with Crippen LogP contribution in [0.4, 0.5) is 0 Å². The lowest BCUT2D eigenvalue weighted by Gasteiger charge is -2.01. The van der Waals surface area contributed by atoms with Crippen molar-refractivity contribution in [1.82, 2.24) is 15.1 Å². The summed E-state index contributed by atoms with van der Waals surface area (Å²) >= 11 is 0. The molecule has 1 fully saturated rings. The van der Waals surface area contributed by atoms with Crippen molar-refractivity contribution in [2.45, 2.75) is 25.4 Å². The van der Waals surface area contributed by atoms with Crippen molar-refractivity contribution in [3.8, 4) is 11.8 Å². The maximum atomic E-state index is 8.88. The predicted molar refractivity (Wildman–Crippen MR) is 68.1 cm³/mol. The first-order valence-corrected chi connectivity index (χ1v) is 6.12. The van der Waals surface area contributed by atoms with Gasteiger partial charge in [-0.15, -0.1) is 0 Å². The Morgan fingerprint density at radius 2 is 2.33 bits per heavy atom. The Hall–Kier alpha value is -2.12. The highest BCUT2D eigenvalue weighted by molar-refractivity contribution is 5.40. The molecule has 0 aliphatic heterocycles. The molecule has 0 saturated heterocycles. The fourth-order valence-electron chi connectivity index (χ4n) is 1.86. The van der Waals surface area contributed by atoms with Crippen LogP contribution in [0.3, 0.4) is 0 Å². The van der Waals surface area contributed by atoms with E-state index in [0.29, 0.717) is 11.6 Å². The van der Waals surface area contributed by atoms with Crippen LogP contribution >= 0.6 is 0 Å². The number of rotatable bonds is 4. The van der Waals surface area contributed by atoms with Crippen molar-refractivity contribution >= 4 is 0 Å². The summed E-state index contributed by atoms with van der Waals surface area (Å²) in [6.07, 6.45) is 6.46. The number of nitrogens with one attached hydrogen (secondary N) is 1. The molecule has 0 atom stereocenters. The molecule has 4 heteroatoms. The van der Waals surface area contributed by atoms with E-state index < -0.39 is 0 Å². The Morgan fingerprint density at radius 3 is 3.11 bits per heavy atom. The van der Waals surface area contributed by atoms with E-state index in [1.54, 1.807) is 6.07 Å². The predicted octanol–water partition coefficient (Wildman–Crippen LogP) is 2.00. The van der Waals surface area contributed by atoms with Crippen molar-refractivity contribution < 1.29 is 0 Å². The lowest BCUT2D eigenvalue weighted by Crippen LogP contribution is -2.14. The van der Waals surface area contributed by atoms with E-state index >= 15 is 0 Å². The molecule has 1 N–H and O–H groups in total. The van der Waals surface area contributed by atoms with Gasteiger partial charge in [0.05, 0.1) is 23.5 Å². The Kier molecular flexibility index (Phi) is 2.83. The second-order valence-electron chi connectivity index (χ2n) is 4.61. The van der Waals surface area contributed by atoms with Crippen LogP contribution in [0.1, 0.15) is 24.0 Å². The van der Waals surface area contributed by atoms with Crippen LogP contribution in [0, 0.1) is 11.3 Å². The molecule has 1 aliphatic rings. The van der Waals surface area contributed by atoms with Crippen LogP contribution in [-0.2, 0) is 6.54 Å². The molecule has 0 unspecified atom stereocenters. The number of hydrogen-bond acceptors (Lipinski definition) is 3. The molecule has 1 heterocycles. The number of benzene rings is 1. The van der Waals surface area contributed by atoms with Crippen molar-refractivity contribution in [2.75, 3.05) is 0 Å². The van der Waals surface area contributed by atoms with Gasteiger partial charge in [0, 0.05) is 24.3 Å². The van der Waals surface area contributed by atoms with Crippen LogP contribution in [-0.4, -0.2) is 15.8 Å². The summed E-state index contributed by atoms with van der Waals surface area (Å²) in [6.45, 7) is 0.864. The summed E-state index contributed by atoms with van der Waals surface area (Å²) in [5, 5.41) is 16.7. The molecular weight excluding hydrogens is 224 g/mol. The molecule has 4 nitrogen and oxygen atoms in total. The molecule has 1 saturated carbocycles. The topological polar surface area (TPSA) is 53.6 Å². The molecular formula is C14H14N4. The van der Waals surface area contributed by atoms with E-state index in [0.717, 1.165) is 12.2 Å². The zero-order chi connectivity index (χ0) is 12.4. The highest BCUT2D eigenvalue weighted by Crippen LogP contribution is 2.19. The van der Waals surface area contributed by atoms with Crippen molar-refractivity contribution in [3.05, 3.63) is 47.8 Å². The minimum Gasteiger partial charge on any atom is -0.310 e. The molecule has 3 rings (SSSR count). The van der Waals surface area contributed by atoms with Gasteiger partial charge in [-0.05, 0) is 31.0 Å². The van der Waals surface area contributed by atoms with Crippen molar-refractivity contribution in [2.24, 2.45) is 0 Å². The first-order chi connectivity index (χ1) is 8.85. The van der Waals surface area contributed by atoms with E-state index in [9.17, 15) is 0 Å². The van der Waals surface area contributed by atoms with Crippen LogP contribution < -0.4 is 5.32 Å². The molecule has 18 heavy (non-hydrogen) atoms. The smallest absolute Gasteiger partial charge is 0.0992 e. The monoisotopic (exact) mass is 238 g/mol. The molecule has 90 valence electrons. The third-order valence-corrected chi connectivity index (χ3v) is 3.05. The highest BCUT2D eigenvalue weighted by atomic mass is 15.3. The molecule has 0 bridgehead atoms. The summed E-state index contributed by atoms with van der Waals surface area (Å²) in [5.41, 5.74) is 2.75. The van der Waals surface area contributed by atoms with Gasteiger partial charge in [0.15, 0.2) is 0 Å². The first kappa shape index (κ1) is 11.0. The third-order valence-electron chi connectivity index (χ3n) is 3.05. The number of nitriles is 1. The lowest BCUT2D eigenvalue weighted by atomic mass is 10.2. The summed E-state index contributed by atoms with van der Waals surface area (Å²) in [4.78, 5) is 0. The second kappa shape index (κ2) is 4.63. The standard InChI is InChI=1S/C14H14N4/c15-7-11-2-1-3-14(6-11)18-10-12(9-17-18)8-16-13-4-5-13/h1-3,6,9-10,13,16H,4-5,8H2. The molecule has 1 aromatic heterocycles. The van der Waals surface area contributed by atoms with Crippen LogP contribution in [0.2, 0.25) is 0 Å². The van der Waals surface area contributed by atoms with Gasteiger partial charge < -0.3 is 5.32 Å². The van der Waals surface area contributed by atoms with E-state index in [4.69, 9.17) is 5.26 Å². The molecule has 1 aliphatic carbocycles. The Bertz CT molecular complexity index is 590. The fraction of sp³-hybridized carbons (Fsp3) is 0.286. The Balaban J connectivity index is 1.76. The quantitative estimate of drug-likeness (QED) is 0.886. The second-order valence-corrected chi connectivity index (χ2v) is 4.61. The summed E-state index contributed by atoms with van der Waals surface area (Å²) < 4.78 is 1.81. The van der Waals surface area contributed by atoms with Crippen LogP contribution in [0.5, 0.6) is 0 Å². The zero-order valence-corrected chi connectivity index (χ0v) is 10.0. The minimum atomic E-state index is 0.653. The summed E-state index contributed by atoms with van der Waals surface area (Å²) in [7, 11) is 0. The van der Waals surface area contributed by atoms with Crippen LogP contribution in [0.15, 0.2) is 36.7 Å². The van der Waals surface area contributed by atoms with Gasteiger partial charge in [-0.3, -0.25) is 0 Å².